The van der Waals surface area contributed by atoms with Gasteiger partial charge in [0.05, 0.1) is 10.8 Å². The third-order valence-electron chi connectivity index (χ3n) is 1.82. The molecule has 94 valence electrons. The predicted octanol–water partition coefficient (Wildman–Crippen LogP) is 1.55. The molecular formula is C10H9F3O3S. The van der Waals surface area contributed by atoms with Gasteiger partial charge in [-0.05, 0) is 18.2 Å². The first kappa shape index (κ1) is 13.9. The van der Waals surface area contributed by atoms with Crippen LogP contribution in [0, 0.1) is 0 Å². The fourth-order valence-corrected chi connectivity index (χ4v) is 1.78. The minimum atomic E-state index is -5.23. The Morgan fingerprint density at radius 2 is 1.65 bits per heavy atom. The first-order valence-electron chi connectivity index (χ1n) is 4.40. The van der Waals surface area contributed by atoms with Crippen molar-refractivity contribution in [2.24, 2.45) is 0 Å². The van der Waals surface area contributed by atoms with Crippen LogP contribution in [0.2, 0.25) is 0 Å². The van der Waals surface area contributed by atoms with Crippen molar-refractivity contribution in [3.8, 4) is 0 Å². The zero-order chi connectivity index (χ0) is 13.1. The Bertz CT molecular complexity index is 426. The summed E-state index contributed by atoms with van der Waals surface area (Å²) in [5, 5.41) is 17.9. The van der Waals surface area contributed by atoms with Gasteiger partial charge in [-0.3, -0.25) is 0 Å². The number of hydrogen-bond donors (Lipinski definition) is 2. The van der Waals surface area contributed by atoms with Crippen LogP contribution in [0.25, 0.3) is 0 Å². The monoisotopic (exact) mass is 266 g/mol. The van der Waals surface area contributed by atoms with Crippen LogP contribution in [0.4, 0.5) is 13.2 Å². The molecular weight excluding hydrogens is 257 g/mol. The molecule has 0 amide bonds. The number of halogens is 3. The molecule has 1 rings (SSSR count). The van der Waals surface area contributed by atoms with Gasteiger partial charge < -0.3 is 10.2 Å². The van der Waals surface area contributed by atoms with Crippen LogP contribution in [0.5, 0.6) is 0 Å². The lowest BCUT2D eigenvalue weighted by Crippen LogP contribution is -2.43. The van der Waals surface area contributed by atoms with Gasteiger partial charge in [-0.1, -0.05) is 18.2 Å². The lowest BCUT2D eigenvalue weighted by Gasteiger charge is -2.20. The molecule has 0 saturated heterocycles. The van der Waals surface area contributed by atoms with Gasteiger partial charge >= 0.3 is 6.18 Å². The average Bonchev–Trinajstić information content (AvgIpc) is 2.25. The van der Waals surface area contributed by atoms with Crippen LogP contribution in [-0.4, -0.2) is 26.4 Å². The fraction of sp³-hybridized carbons (Fsp3) is 0.200. The minimum Gasteiger partial charge on any atom is -0.355 e. The van der Waals surface area contributed by atoms with E-state index in [1.165, 1.54) is 12.1 Å². The summed E-state index contributed by atoms with van der Waals surface area (Å²) in [6.07, 6.45) is -5.18. The molecule has 0 saturated carbocycles. The average molecular weight is 266 g/mol. The van der Waals surface area contributed by atoms with E-state index in [2.05, 4.69) is 0 Å². The summed E-state index contributed by atoms with van der Waals surface area (Å²) in [6.45, 7) is 0. The molecule has 0 aliphatic rings. The highest BCUT2D eigenvalue weighted by Gasteiger charge is 2.51. The number of alkyl halides is 3. The van der Waals surface area contributed by atoms with Gasteiger partial charge in [0.25, 0.3) is 5.79 Å². The molecule has 0 fully saturated rings. The number of hydrogen-bond acceptors (Lipinski definition) is 3. The summed E-state index contributed by atoms with van der Waals surface area (Å²) in [5.41, 5.74) is 0. The van der Waals surface area contributed by atoms with E-state index < -0.39 is 22.8 Å². The van der Waals surface area contributed by atoms with Crippen LogP contribution in [-0.2, 0) is 10.8 Å². The van der Waals surface area contributed by atoms with Crippen LogP contribution < -0.4 is 0 Å². The van der Waals surface area contributed by atoms with Gasteiger partial charge in [0.1, 0.15) is 0 Å². The maximum Gasteiger partial charge on any atom is 0.447 e. The zero-order valence-electron chi connectivity index (χ0n) is 8.39. The summed E-state index contributed by atoms with van der Waals surface area (Å²) < 4.78 is 47.6. The first-order chi connectivity index (χ1) is 7.74. The highest BCUT2D eigenvalue weighted by Crippen LogP contribution is 2.29. The quantitative estimate of drug-likeness (QED) is 0.816. The van der Waals surface area contributed by atoms with Crippen molar-refractivity contribution in [1.82, 2.24) is 0 Å². The number of benzene rings is 1. The van der Waals surface area contributed by atoms with Crippen molar-refractivity contribution in [1.29, 1.82) is 0 Å². The van der Waals surface area contributed by atoms with Crippen LogP contribution in [0.3, 0.4) is 0 Å². The minimum absolute atomic E-state index is 0.0517. The van der Waals surface area contributed by atoms with Crippen molar-refractivity contribution in [3.63, 3.8) is 0 Å². The third-order valence-corrected chi connectivity index (χ3v) is 2.94. The highest BCUT2D eigenvalue weighted by molar-refractivity contribution is 7.88. The Morgan fingerprint density at radius 1 is 1.12 bits per heavy atom. The normalized spacial score (nSPS) is 15.1. The maximum atomic E-state index is 12.0. The summed E-state index contributed by atoms with van der Waals surface area (Å²) in [7, 11) is -1.87. The van der Waals surface area contributed by atoms with Crippen molar-refractivity contribution in [2.75, 3.05) is 0 Å². The number of aliphatic hydroxyl groups is 2. The first-order valence-corrected chi connectivity index (χ1v) is 5.62. The van der Waals surface area contributed by atoms with Crippen molar-refractivity contribution < 1.29 is 27.6 Å². The lowest BCUT2D eigenvalue weighted by molar-refractivity contribution is -0.323. The summed E-state index contributed by atoms with van der Waals surface area (Å²) in [5.74, 6) is -3.97. The van der Waals surface area contributed by atoms with Gasteiger partial charge in [-0.2, -0.15) is 13.2 Å². The Morgan fingerprint density at radius 3 is 2.12 bits per heavy atom. The van der Waals surface area contributed by atoms with E-state index in [4.69, 9.17) is 10.2 Å². The van der Waals surface area contributed by atoms with Crippen LogP contribution in [0.15, 0.2) is 46.7 Å². The summed E-state index contributed by atoms with van der Waals surface area (Å²) >= 11 is 0. The van der Waals surface area contributed by atoms with Crippen molar-refractivity contribution in [2.45, 2.75) is 16.9 Å². The van der Waals surface area contributed by atoms with E-state index in [1.54, 1.807) is 18.2 Å². The largest absolute Gasteiger partial charge is 0.447 e. The smallest absolute Gasteiger partial charge is 0.355 e. The summed E-state index contributed by atoms with van der Waals surface area (Å²) in [4.78, 5) is 0.265. The van der Waals surface area contributed by atoms with E-state index in [0.717, 1.165) is 0 Å². The molecule has 0 unspecified atom stereocenters. The van der Waals surface area contributed by atoms with Gasteiger partial charge in [0.2, 0.25) is 0 Å². The molecule has 17 heavy (non-hydrogen) atoms. The topological polar surface area (TPSA) is 57.5 Å². The molecule has 1 aromatic carbocycles. The Labute approximate surface area is 97.7 Å². The molecule has 1 aromatic rings. The van der Waals surface area contributed by atoms with E-state index in [0.29, 0.717) is 5.41 Å². The standard InChI is InChI=1S/C10H9F3O3S/c11-10(12,13)9(14,15)6-7-17(16)8-4-2-1-3-5-8/h1-7,14-15H/b7-6+/t17-/m1/s1. The zero-order valence-corrected chi connectivity index (χ0v) is 9.20. The van der Waals surface area contributed by atoms with E-state index in [1.807, 2.05) is 0 Å². The fourth-order valence-electron chi connectivity index (χ4n) is 0.884. The van der Waals surface area contributed by atoms with Crippen molar-refractivity contribution in [3.05, 3.63) is 41.8 Å². The highest BCUT2D eigenvalue weighted by atomic mass is 32.2. The predicted molar refractivity (Wildman–Crippen MR) is 55.2 cm³/mol. The molecule has 0 radical (unpaired) electrons. The van der Waals surface area contributed by atoms with Gasteiger partial charge in [0, 0.05) is 10.3 Å². The Kier molecular flexibility index (Phi) is 4.07. The molecule has 0 spiro atoms. The van der Waals surface area contributed by atoms with Crippen LogP contribution >= 0.6 is 0 Å². The lowest BCUT2D eigenvalue weighted by atomic mass is 10.3. The molecule has 0 aromatic heterocycles. The molecule has 3 nitrogen and oxygen atoms in total. The van der Waals surface area contributed by atoms with Gasteiger partial charge in [-0.15, -0.1) is 0 Å². The molecule has 0 heterocycles. The van der Waals surface area contributed by atoms with Crippen LogP contribution in [0.1, 0.15) is 0 Å². The second-order valence-corrected chi connectivity index (χ2v) is 4.48. The molecule has 7 heteroatoms. The van der Waals surface area contributed by atoms with Gasteiger partial charge in [0.15, 0.2) is 0 Å². The molecule has 0 bridgehead atoms. The van der Waals surface area contributed by atoms with Gasteiger partial charge in [-0.25, -0.2) is 4.21 Å². The second-order valence-electron chi connectivity index (χ2n) is 3.14. The number of rotatable bonds is 3. The van der Waals surface area contributed by atoms with E-state index in [9.17, 15) is 17.4 Å². The second kappa shape index (κ2) is 4.99. The molecule has 2 N–H and O–H groups in total. The molecule has 1 atom stereocenters. The maximum absolute atomic E-state index is 12.0. The SMILES string of the molecule is O=[S@](/C=C/C(O)(O)C(F)(F)F)c1ccccc1. The van der Waals surface area contributed by atoms with E-state index in [-0.39, 0.29) is 11.0 Å². The Hall–Kier alpha value is -1.18. The summed E-state index contributed by atoms with van der Waals surface area (Å²) in [6, 6.07) is 7.68. The van der Waals surface area contributed by atoms with Crippen molar-refractivity contribution >= 4 is 10.8 Å². The van der Waals surface area contributed by atoms with E-state index >= 15 is 0 Å². The molecule has 0 aliphatic carbocycles. The molecule has 0 aliphatic heterocycles. The third kappa shape index (κ3) is 3.65. The Balaban J connectivity index is 2.83.